The molecule has 1 heterocycles. The van der Waals surface area contributed by atoms with Crippen molar-refractivity contribution in [3.8, 4) is 0 Å². The molecule has 1 spiro atoms. The molecule has 0 aromatic carbocycles. The molecule has 1 atom stereocenters. The largest absolute Gasteiger partial charge is 0.377 e. The summed E-state index contributed by atoms with van der Waals surface area (Å²) in [6, 6.07) is 0. The first kappa shape index (κ1) is 11.9. The predicted octanol–water partition coefficient (Wildman–Crippen LogP) is 1.11. The Balaban J connectivity index is 1.91. The van der Waals surface area contributed by atoms with E-state index in [0.717, 1.165) is 12.8 Å². The molecule has 0 aromatic heterocycles. The highest BCUT2D eigenvalue weighted by Gasteiger charge is 2.47. The molecule has 0 bridgehead atoms. The Bertz CT molecular complexity index is 262. The lowest BCUT2D eigenvalue weighted by Crippen LogP contribution is -2.44. The minimum absolute atomic E-state index is 0.132. The molecule has 2 fully saturated rings. The Labute approximate surface area is 97.3 Å². The maximum atomic E-state index is 12.3. The van der Waals surface area contributed by atoms with Crippen molar-refractivity contribution in [1.29, 1.82) is 0 Å². The van der Waals surface area contributed by atoms with E-state index in [4.69, 9.17) is 4.74 Å². The van der Waals surface area contributed by atoms with Gasteiger partial charge in [-0.15, -0.1) is 0 Å². The van der Waals surface area contributed by atoms with Crippen molar-refractivity contribution in [1.82, 2.24) is 10.2 Å². The second-order valence-corrected chi connectivity index (χ2v) is 4.92. The molecule has 0 radical (unpaired) electrons. The van der Waals surface area contributed by atoms with Crippen LogP contribution in [-0.4, -0.2) is 42.3 Å². The van der Waals surface area contributed by atoms with E-state index in [1.807, 2.05) is 18.7 Å². The topological polar surface area (TPSA) is 41.6 Å². The van der Waals surface area contributed by atoms with Crippen LogP contribution in [0, 0.1) is 0 Å². The van der Waals surface area contributed by atoms with Crippen molar-refractivity contribution in [3.05, 3.63) is 0 Å². The molecular formula is C12H22N2O2. The van der Waals surface area contributed by atoms with Crippen LogP contribution in [-0.2, 0) is 9.53 Å². The summed E-state index contributed by atoms with van der Waals surface area (Å²) in [6.45, 7) is 6.12. The van der Waals surface area contributed by atoms with Crippen LogP contribution in [0.4, 0.5) is 0 Å². The number of hydrogen-bond acceptors (Lipinski definition) is 3. The number of carbonyl (C=O) groups is 1. The number of rotatable bonds is 4. The van der Waals surface area contributed by atoms with Gasteiger partial charge in [-0.05, 0) is 26.7 Å². The minimum Gasteiger partial charge on any atom is -0.377 e. The first-order valence-corrected chi connectivity index (χ1v) is 6.34. The molecule has 92 valence electrons. The molecule has 1 unspecified atom stereocenters. The smallest absolute Gasteiger partial charge is 0.244 e. The van der Waals surface area contributed by atoms with E-state index < -0.39 is 0 Å². The van der Waals surface area contributed by atoms with Gasteiger partial charge in [0.15, 0.2) is 0 Å². The highest BCUT2D eigenvalue weighted by molar-refractivity contribution is 5.88. The summed E-state index contributed by atoms with van der Waals surface area (Å²) in [6.07, 6.45) is 4.49. The molecule has 1 N–H and O–H groups in total. The van der Waals surface area contributed by atoms with E-state index in [0.29, 0.717) is 19.8 Å². The van der Waals surface area contributed by atoms with Gasteiger partial charge in [-0.25, -0.2) is 0 Å². The van der Waals surface area contributed by atoms with Crippen LogP contribution in [0.5, 0.6) is 0 Å². The molecule has 4 heteroatoms. The lowest BCUT2D eigenvalue weighted by molar-refractivity contribution is -0.133. The van der Waals surface area contributed by atoms with Crippen LogP contribution in [0.1, 0.15) is 39.5 Å². The Morgan fingerprint density at radius 1 is 1.50 bits per heavy atom. The van der Waals surface area contributed by atoms with Gasteiger partial charge in [-0.3, -0.25) is 10.1 Å². The summed E-state index contributed by atoms with van der Waals surface area (Å²) < 4.78 is 5.48. The van der Waals surface area contributed by atoms with Crippen molar-refractivity contribution in [2.45, 2.75) is 51.2 Å². The van der Waals surface area contributed by atoms with Gasteiger partial charge in [0.2, 0.25) is 5.91 Å². The molecule has 16 heavy (non-hydrogen) atoms. The van der Waals surface area contributed by atoms with E-state index >= 15 is 0 Å². The quantitative estimate of drug-likeness (QED) is 0.781. The average molecular weight is 226 g/mol. The zero-order chi connectivity index (χ0) is 11.6. The monoisotopic (exact) mass is 226 g/mol. The van der Waals surface area contributed by atoms with E-state index in [9.17, 15) is 4.79 Å². The zero-order valence-corrected chi connectivity index (χ0v) is 10.3. The standard InChI is InChI=1S/C12H22N2O2/c1-3-16-10(2)8-14-9-13-12(11(14)15)6-4-5-7-12/h10,13H,3-9H2,1-2H3. The van der Waals surface area contributed by atoms with Crippen LogP contribution >= 0.6 is 0 Å². The highest BCUT2D eigenvalue weighted by Crippen LogP contribution is 2.34. The second kappa shape index (κ2) is 4.72. The van der Waals surface area contributed by atoms with E-state index in [1.54, 1.807) is 0 Å². The van der Waals surface area contributed by atoms with Gasteiger partial charge in [-0.2, -0.15) is 0 Å². The number of carbonyl (C=O) groups excluding carboxylic acids is 1. The van der Waals surface area contributed by atoms with Crippen LogP contribution in [0.25, 0.3) is 0 Å². The molecule has 1 amide bonds. The van der Waals surface area contributed by atoms with E-state index in [2.05, 4.69) is 5.32 Å². The van der Waals surface area contributed by atoms with Gasteiger partial charge in [0.25, 0.3) is 0 Å². The van der Waals surface area contributed by atoms with Crippen molar-refractivity contribution < 1.29 is 9.53 Å². The molecule has 1 aliphatic carbocycles. The first-order valence-electron chi connectivity index (χ1n) is 6.34. The maximum absolute atomic E-state index is 12.3. The van der Waals surface area contributed by atoms with Gasteiger partial charge in [0, 0.05) is 13.2 Å². The summed E-state index contributed by atoms with van der Waals surface area (Å²) in [4.78, 5) is 14.2. The van der Waals surface area contributed by atoms with Crippen molar-refractivity contribution in [2.24, 2.45) is 0 Å². The van der Waals surface area contributed by atoms with Crippen molar-refractivity contribution in [2.75, 3.05) is 19.8 Å². The summed E-state index contributed by atoms with van der Waals surface area (Å²) >= 11 is 0. The molecule has 0 aromatic rings. The normalized spacial score (nSPS) is 25.6. The fraction of sp³-hybridized carbons (Fsp3) is 0.917. The summed E-state index contributed by atoms with van der Waals surface area (Å²) in [5, 5.41) is 3.40. The summed E-state index contributed by atoms with van der Waals surface area (Å²) in [5.74, 6) is 0.288. The summed E-state index contributed by atoms with van der Waals surface area (Å²) in [7, 11) is 0. The second-order valence-electron chi connectivity index (χ2n) is 4.92. The number of nitrogens with zero attached hydrogens (tertiary/aromatic N) is 1. The Kier molecular flexibility index (Phi) is 3.50. The van der Waals surface area contributed by atoms with Gasteiger partial charge in [0.05, 0.1) is 18.3 Å². The van der Waals surface area contributed by atoms with E-state index in [-0.39, 0.29) is 17.6 Å². The first-order chi connectivity index (χ1) is 7.68. The fourth-order valence-corrected chi connectivity index (χ4v) is 2.86. The number of ether oxygens (including phenoxy) is 1. The molecule has 1 saturated heterocycles. The van der Waals surface area contributed by atoms with Crippen LogP contribution in [0.2, 0.25) is 0 Å². The maximum Gasteiger partial charge on any atom is 0.244 e. The molecular weight excluding hydrogens is 204 g/mol. The zero-order valence-electron chi connectivity index (χ0n) is 10.3. The number of nitrogens with one attached hydrogen (secondary N) is 1. The molecule has 1 saturated carbocycles. The third-order valence-electron chi connectivity index (χ3n) is 3.69. The Morgan fingerprint density at radius 3 is 2.81 bits per heavy atom. The van der Waals surface area contributed by atoms with Gasteiger partial charge in [0.1, 0.15) is 0 Å². The van der Waals surface area contributed by atoms with Crippen LogP contribution < -0.4 is 5.32 Å². The molecule has 1 aliphatic heterocycles. The number of amides is 1. The lowest BCUT2D eigenvalue weighted by atomic mass is 9.98. The molecule has 4 nitrogen and oxygen atoms in total. The summed E-state index contributed by atoms with van der Waals surface area (Å²) in [5.41, 5.74) is -0.216. The average Bonchev–Trinajstić information content (AvgIpc) is 2.83. The van der Waals surface area contributed by atoms with Crippen molar-refractivity contribution >= 4 is 5.91 Å². The lowest BCUT2D eigenvalue weighted by Gasteiger charge is -2.23. The third kappa shape index (κ3) is 2.09. The van der Waals surface area contributed by atoms with Crippen molar-refractivity contribution in [3.63, 3.8) is 0 Å². The van der Waals surface area contributed by atoms with Gasteiger partial charge < -0.3 is 9.64 Å². The SMILES string of the molecule is CCOC(C)CN1CNC2(CCCC2)C1=O. The van der Waals surface area contributed by atoms with Crippen LogP contribution in [0.3, 0.4) is 0 Å². The van der Waals surface area contributed by atoms with Crippen LogP contribution in [0.15, 0.2) is 0 Å². The molecule has 2 rings (SSSR count). The Hall–Kier alpha value is -0.610. The molecule has 2 aliphatic rings. The Morgan fingerprint density at radius 2 is 2.19 bits per heavy atom. The van der Waals surface area contributed by atoms with Gasteiger partial charge >= 0.3 is 0 Å². The minimum atomic E-state index is -0.216. The van der Waals surface area contributed by atoms with Gasteiger partial charge in [-0.1, -0.05) is 12.8 Å². The third-order valence-corrected chi connectivity index (χ3v) is 3.69. The fourth-order valence-electron chi connectivity index (χ4n) is 2.86. The predicted molar refractivity (Wildman–Crippen MR) is 62.0 cm³/mol. The van der Waals surface area contributed by atoms with E-state index in [1.165, 1.54) is 12.8 Å². The number of hydrogen-bond donors (Lipinski definition) is 1. The highest BCUT2D eigenvalue weighted by atomic mass is 16.5.